The quantitative estimate of drug-likeness (QED) is 0.826. The molecule has 3 rings (SSSR count). The van der Waals surface area contributed by atoms with Crippen molar-refractivity contribution in [3.63, 3.8) is 0 Å². The maximum atomic E-state index is 13.7. The number of hydrogen-bond acceptors (Lipinski definition) is 4. The van der Waals surface area contributed by atoms with Crippen molar-refractivity contribution in [3.8, 4) is 5.75 Å². The highest BCUT2D eigenvalue weighted by Crippen LogP contribution is 2.47. The molecule has 0 bridgehead atoms. The van der Waals surface area contributed by atoms with Crippen LogP contribution in [-0.4, -0.2) is 40.2 Å². The molecule has 1 aliphatic heterocycles. The average Bonchev–Trinajstić information content (AvgIpc) is 2.75. The summed E-state index contributed by atoms with van der Waals surface area (Å²) in [5, 5.41) is 15.1. The van der Waals surface area contributed by atoms with E-state index in [4.69, 9.17) is 16.3 Å². The molecule has 0 radical (unpaired) electrons. The normalized spacial score (nSPS) is 25.6. The summed E-state index contributed by atoms with van der Waals surface area (Å²) in [5.74, 6) is -1.99. The smallest absolute Gasteiger partial charge is 0.439 e. The molecule has 148 valence electrons. The topological polar surface area (TPSA) is 62.1 Å². The third kappa shape index (κ3) is 3.65. The van der Waals surface area contributed by atoms with E-state index < -0.39 is 30.3 Å². The van der Waals surface area contributed by atoms with Gasteiger partial charge in [0.25, 0.3) is 11.6 Å². The van der Waals surface area contributed by atoms with Gasteiger partial charge in [0.2, 0.25) is 0 Å². The number of halogens is 4. The first kappa shape index (κ1) is 19.9. The molecule has 0 unspecified atom stereocenters. The monoisotopic (exact) mass is 404 g/mol. The van der Waals surface area contributed by atoms with E-state index in [1.165, 1.54) is 6.07 Å². The number of hydrazone groups is 1. The second-order valence-corrected chi connectivity index (χ2v) is 7.28. The van der Waals surface area contributed by atoms with Gasteiger partial charge in [0, 0.05) is 10.7 Å². The third-order valence-electron chi connectivity index (χ3n) is 5.01. The summed E-state index contributed by atoms with van der Waals surface area (Å²) in [5.41, 5.74) is -2.40. The number of aliphatic hydroxyl groups is 1. The van der Waals surface area contributed by atoms with E-state index in [9.17, 15) is 23.1 Å². The number of rotatable bonds is 3. The molecule has 1 heterocycles. The first-order chi connectivity index (χ1) is 12.6. The Morgan fingerprint density at radius 2 is 2.15 bits per heavy atom. The van der Waals surface area contributed by atoms with Crippen LogP contribution in [0.2, 0.25) is 5.02 Å². The number of alkyl halides is 3. The highest BCUT2D eigenvalue weighted by Gasteiger charge is 2.68. The van der Waals surface area contributed by atoms with Gasteiger partial charge in [-0.25, -0.2) is 0 Å². The SMILES string of the molecule is Cc1cc(OCC(=O)N2N=C3CCCCC[C@@H]3[C@]2(O)C(F)(F)F)ccc1Cl. The number of amides is 1. The number of ether oxygens (including phenoxy) is 1. The van der Waals surface area contributed by atoms with Crippen molar-refractivity contribution in [3.05, 3.63) is 28.8 Å². The summed E-state index contributed by atoms with van der Waals surface area (Å²) in [6.45, 7) is 1.06. The maximum absolute atomic E-state index is 13.7. The van der Waals surface area contributed by atoms with Gasteiger partial charge in [-0.15, -0.1) is 0 Å². The molecule has 0 aromatic heterocycles. The van der Waals surface area contributed by atoms with Crippen LogP contribution in [-0.2, 0) is 4.79 Å². The van der Waals surface area contributed by atoms with Crippen molar-refractivity contribution in [2.75, 3.05) is 6.61 Å². The molecule has 1 aromatic carbocycles. The Morgan fingerprint density at radius 1 is 1.41 bits per heavy atom. The minimum atomic E-state index is -5.03. The van der Waals surface area contributed by atoms with Crippen LogP contribution in [0.1, 0.15) is 37.7 Å². The number of carbonyl (C=O) groups excluding carboxylic acids is 1. The molecule has 1 aromatic rings. The van der Waals surface area contributed by atoms with Crippen LogP contribution in [0.4, 0.5) is 13.2 Å². The predicted molar refractivity (Wildman–Crippen MR) is 93.5 cm³/mol. The Bertz CT molecular complexity index is 769. The van der Waals surface area contributed by atoms with Crippen molar-refractivity contribution in [1.29, 1.82) is 0 Å². The molecule has 9 heteroatoms. The number of hydrogen-bond donors (Lipinski definition) is 1. The molecule has 1 amide bonds. The van der Waals surface area contributed by atoms with Crippen molar-refractivity contribution >= 4 is 23.2 Å². The molecule has 0 saturated heterocycles. The van der Waals surface area contributed by atoms with Gasteiger partial charge in [-0.2, -0.15) is 23.3 Å². The van der Waals surface area contributed by atoms with E-state index in [0.29, 0.717) is 35.6 Å². The second-order valence-electron chi connectivity index (χ2n) is 6.87. The molecule has 2 atom stereocenters. The van der Waals surface area contributed by atoms with Gasteiger partial charge in [-0.1, -0.05) is 24.4 Å². The fourth-order valence-corrected chi connectivity index (χ4v) is 3.67. The molecule has 1 saturated carbocycles. The van der Waals surface area contributed by atoms with Crippen LogP contribution in [0.25, 0.3) is 0 Å². The minimum absolute atomic E-state index is 0.135. The lowest BCUT2D eigenvalue weighted by Gasteiger charge is -2.37. The molecule has 2 aliphatic rings. The van der Waals surface area contributed by atoms with E-state index in [2.05, 4.69) is 5.10 Å². The molecule has 5 nitrogen and oxygen atoms in total. The average molecular weight is 405 g/mol. The second kappa shape index (κ2) is 7.31. The minimum Gasteiger partial charge on any atom is -0.484 e. The fraction of sp³-hybridized carbons (Fsp3) is 0.556. The number of carbonyl (C=O) groups is 1. The Kier molecular flexibility index (Phi) is 5.40. The zero-order valence-electron chi connectivity index (χ0n) is 14.7. The Morgan fingerprint density at radius 3 is 2.81 bits per heavy atom. The third-order valence-corrected chi connectivity index (χ3v) is 5.43. The van der Waals surface area contributed by atoms with E-state index in [1.807, 2.05) is 0 Å². The maximum Gasteiger partial charge on any atom is 0.439 e. The molecule has 1 aliphatic carbocycles. The molecule has 1 fully saturated rings. The lowest BCUT2D eigenvalue weighted by Crippen LogP contribution is -2.61. The van der Waals surface area contributed by atoms with Crippen LogP contribution in [0.15, 0.2) is 23.3 Å². The summed E-state index contributed by atoms with van der Waals surface area (Å²) in [7, 11) is 0. The first-order valence-corrected chi connectivity index (χ1v) is 9.11. The molecular formula is C18H20ClF3N2O3. The molecular weight excluding hydrogens is 385 g/mol. The standard InChI is InChI=1S/C18H20ClF3N2O3/c1-11-9-12(7-8-14(11)19)27-10-16(25)24-17(26,18(20,21)22)13-5-3-2-4-6-15(13)23-24/h7-9,13,26H,2-6,10H2,1H3/t13-,17-/m0/s1. The lowest BCUT2D eigenvalue weighted by molar-refractivity contribution is -0.317. The van der Waals surface area contributed by atoms with Crippen LogP contribution in [0, 0.1) is 12.8 Å². The van der Waals surface area contributed by atoms with Crippen LogP contribution < -0.4 is 4.74 Å². The summed E-state index contributed by atoms with van der Waals surface area (Å²) < 4.78 is 46.5. The van der Waals surface area contributed by atoms with E-state index in [0.717, 1.165) is 6.42 Å². The predicted octanol–water partition coefficient (Wildman–Crippen LogP) is 4.06. The Labute approximate surface area is 159 Å². The summed E-state index contributed by atoms with van der Waals surface area (Å²) in [4.78, 5) is 12.5. The highest BCUT2D eigenvalue weighted by molar-refractivity contribution is 6.31. The van der Waals surface area contributed by atoms with Gasteiger partial charge >= 0.3 is 6.18 Å². The Hall–Kier alpha value is -1.80. The van der Waals surface area contributed by atoms with Gasteiger partial charge in [0.15, 0.2) is 6.61 Å². The zero-order chi connectivity index (χ0) is 19.8. The fourth-order valence-electron chi connectivity index (χ4n) is 3.55. The Balaban J connectivity index is 1.81. The molecule has 1 N–H and O–H groups in total. The zero-order valence-corrected chi connectivity index (χ0v) is 15.5. The first-order valence-electron chi connectivity index (χ1n) is 8.73. The highest BCUT2D eigenvalue weighted by atomic mass is 35.5. The summed E-state index contributed by atoms with van der Waals surface area (Å²) in [6, 6.07) is 4.65. The van der Waals surface area contributed by atoms with Gasteiger partial charge < -0.3 is 9.84 Å². The van der Waals surface area contributed by atoms with Gasteiger partial charge in [-0.05, 0) is 49.9 Å². The van der Waals surface area contributed by atoms with Gasteiger partial charge in [0.05, 0.1) is 5.92 Å². The van der Waals surface area contributed by atoms with Crippen molar-refractivity contribution < 1.29 is 27.8 Å². The summed E-state index contributed by atoms with van der Waals surface area (Å²) in [6.07, 6.45) is -2.55. The van der Waals surface area contributed by atoms with Crippen LogP contribution >= 0.6 is 11.6 Å². The van der Waals surface area contributed by atoms with Crippen LogP contribution in [0.3, 0.4) is 0 Å². The number of aryl methyl sites for hydroxylation is 1. The molecule has 27 heavy (non-hydrogen) atoms. The van der Waals surface area contributed by atoms with Crippen molar-refractivity contribution in [2.45, 2.75) is 50.9 Å². The van der Waals surface area contributed by atoms with E-state index in [1.54, 1.807) is 19.1 Å². The molecule has 0 spiro atoms. The number of nitrogens with zero attached hydrogens (tertiary/aromatic N) is 2. The van der Waals surface area contributed by atoms with Crippen molar-refractivity contribution in [2.24, 2.45) is 11.0 Å². The van der Waals surface area contributed by atoms with E-state index in [-0.39, 0.29) is 17.1 Å². The number of benzene rings is 1. The lowest BCUT2D eigenvalue weighted by atomic mass is 9.87. The van der Waals surface area contributed by atoms with E-state index >= 15 is 0 Å². The van der Waals surface area contributed by atoms with Crippen LogP contribution in [0.5, 0.6) is 5.75 Å². The van der Waals surface area contributed by atoms with Gasteiger partial charge in [-0.3, -0.25) is 4.79 Å². The summed E-state index contributed by atoms with van der Waals surface area (Å²) >= 11 is 5.91. The van der Waals surface area contributed by atoms with Crippen molar-refractivity contribution in [1.82, 2.24) is 5.01 Å². The number of fused-ring (bicyclic) bond motifs is 1. The van der Waals surface area contributed by atoms with Gasteiger partial charge in [0.1, 0.15) is 5.75 Å². The largest absolute Gasteiger partial charge is 0.484 e.